The van der Waals surface area contributed by atoms with Crippen molar-refractivity contribution < 1.29 is 48.2 Å². The highest BCUT2D eigenvalue weighted by atomic mass is 16.5. The van der Waals surface area contributed by atoms with Crippen LogP contribution in [0, 0.1) is 17.8 Å². The highest BCUT2D eigenvalue weighted by Crippen LogP contribution is 2.22. The van der Waals surface area contributed by atoms with Crippen molar-refractivity contribution in [1.29, 1.82) is 0 Å². The molecule has 0 radical (unpaired) electrons. The van der Waals surface area contributed by atoms with Gasteiger partial charge in [-0.1, -0.05) is 48.5 Å². The van der Waals surface area contributed by atoms with Crippen molar-refractivity contribution in [3.05, 3.63) is 0 Å². The molecule has 346 valence electrons. The van der Waals surface area contributed by atoms with Crippen molar-refractivity contribution in [2.24, 2.45) is 17.8 Å². The zero-order valence-electron chi connectivity index (χ0n) is 39.4. The smallest absolute Gasteiger partial charge is 0.248 e. The third kappa shape index (κ3) is 16.6. The largest absolute Gasteiger partial charge is 0.394 e. The van der Waals surface area contributed by atoms with Gasteiger partial charge in [0, 0.05) is 55.2 Å². The van der Waals surface area contributed by atoms with Crippen LogP contribution in [0.3, 0.4) is 0 Å². The second-order valence-corrected chi connectivity index (χ2v) is 17.6. The second kappa shape index (κ2) is 25.5. The predicted molar refractivity (Wildman–Crippen MR) is 229 cm³/mol. The number of aliphatic hydroxyl groups is 1. The third-order valence-electron chi connectivity index (χ3n) is 10.7. The molecule has 18 nitrogen and oxygen atoms in total. The van der Waals surface area contributed by atoms with Gasteiger partial charge < -0.3 is 50.7 Å². The number of methoxy groups -OCH3 is 1. The molecule has 0 saturated heterocycles. The standard InChI is InChI=1S/C42H78N8O10/c1-18-19-33(52)47(13)32(23-51)40(58)50(16)31(22-42(10,11)60-17)38(56)46-34(26(6)7)41(59)49(15)30(21-25(4)5)37(55)44-27(8)35(53)45-28(9)39(57)48(14)29(20-24(2)3)36(54)43-12/h24-32,34,51H,18-23H2,1-17H3,(H,43,54)(H,44,55)(H,45,53)(H,46,56)/t27-,28-,29-,30-,31-,32?,34-/m0/s1. The molecule has 60 heavy (non-hydrogen) atoms. The Hall–Kier alpha value is -4.32. The van der Waals surface area contributed by atoms with Crippen LogP contribution in [-0.4, -0.2) is 169 Å². The number of likely N-dealkylation sites (N-methyl/N-ethyl adjacent to an activating group) is 5. The molecule has 0 aliphatic heterocycles. The zero-order chi connectivity index (χ0) is 47.0. The predicted octanol–water partition coefficient (Wildman–Crippen LogP) is 0.890. The number of ether oxygens (including phenoxy) is 1. The summed E-state index contributed by atoms with van der Waals surface area (Å²) in [7, 11) is 8.69. The number of hydrogen-bond donors (Lipinski definition) is 5. The van der Waals surface area contributed by atoms with Gasteiger partial charge >= 0.3 is 0 Å². The Balaban J connectivity index is 6.40. The van der Waals surface area contributed by atoms with Gasteiger partial charge in [-0.2, -0.15) is 0 Å². The van der Waals surface area contributed by atoms with Crippen molar-refractivity contribution >= 4 is 47.3 Å². The summed E-state index contributed by atoms with van der Waals surface area (Å²) in [4.78, 5) is 113. The van der Waals surface area contributed by atoms with Crippen LogP contribution in [0.2, 0.25) is 0 Å². The molecule has 1 unspecified atom stereocenters. The topological polar surface area (TPSA) is 227 Å². The van der Waals surface area contributed by atoms with Gasteiger partial charge in [0.25, 0.3) is 0 Å². The van der Waals surface area contributed by atoms with Gasteiger partial charge in [-0.15, -0.1) is 0 Å². The van der Waals surface area contributed by atoms with Crippen molar-refractivity contribution in [2.45, 2.75) is 156 Å². The minimum absolute atomic E-state index is 0.0113. The molecule has 18 heteroatoms. The van der Waals surface area contributed by atoms with Gasteiger partial charge in [-0.25, -0.2) is 0 Å². The molecule has 8 amide bonds. The molecule has 0 rings (SSSR count). The van der Waals surface area contributed by atoms with Crippen LogP contribution in [0.25, 0.3) is 0 Å². The number of carbonyl (C=O) groups excluding carboxylic acids is 8. The number of rotatable bonds is 25. The summed E-state index contributed by atoms with van der Waals surface area (Å²) in [5.74, 6) is -4.88. The van der Waals surface area contributed by atoms with Crippen LogP contribution in [0.5, 0.6) is 0 Å². The molecule has 0 saturated carbocycles. The fraction of sp³-hybridized carbons (Fsp3) is 0.810. The summed E-state index contributed by atoms with van der Waals surface area (Å²) < 4.78 is 5.60. The monoisotopic (exact) mass is 855 g/mol. The summed E-state index contributed by atoms with van der Waals surface area (Å²) in [6.45, 7) is 18.6. The van der Waals surface area contributed by atoms with Gasteiger partial charge in [0.15, 0.2) is 0 Å². The number of nitrogens with zero attached hydrogens (tertiary/aromatic N) is 4. The first-order chi connectivity index (χ1) is 27.6. The van der Waals surface area contributed by atoms with E-state index in [0.29, 0.717) is 12.8 Å². The van der Waals surface area contributed by atoms with Crippen molar-refractivity contribution in [1.82, 2.24) is 40.9 Å². The molecular weight excluding hydrogens is 777 g/mol. The number of aliphatic hydroxyl groups excluding tert-OH is 1. The van der Waals surface area contributed by atoms with E-state index in [0.717, 1.165) is 9.80 Å². The fourth-order valence-electron chi connectivity index (χ4n) is 6.59. The quantitative estimate of drug-likeness (QED) is 0.0872. The Morgan fingerprint density at radius 1 is 0.600 bits per heavy atom. The van der Waals surface area contributed by atoms with Crippen LogP contribution in [0.4, 0.5) is 0 Å². The lowest BCUT2D eigenvalue weighted by molar-refractivity contribution is -0.151. The van der Waals surface area contributed by atoms with E-state index in [-0.39, 0.29) is 42.9 Å². The van der Waals surface area contributed by atoms with E-state index in [1.165, 1.54) is 66.0 Å². The SMILES string of the molecule is CCCC(=O)N(C)C(CO)C(=O)N(C)[C@@H](CC(C)(C)OC)C(=O)N[C@H](C(=O)N(C)[C@@H](CC(C)C)C(=O)N[C@@H](C)C(=O)N[C@@H](C)C(=O)N(C)[C@@H](CC(C)C)C(=O)NC)C(C)C. The highest BCUT2D eigenvalue weighted by Gasteiger charge is 2.41. The molecule has 0 aromatic rings. The van der Waals surface area contributed by atoms with Crippen molar-refractivity contribution in [3.8, 4) is 0 Å². The number of carbonyl (C=O) groups is 8. The average molecular weight is 855 g/mol. The lowest BCUT2D eigenvalue weighted by Crippen LogP contribution is -2.61. The number of hydrogen-bond acceptors (Lipinski definition) is 10. The van der Waals surface area contributed by atoms with E-state index in [9.17, 15) is 43.5 Å². The lowest BCUT2D eigenvalue weighted by atomic mass is 9.94. The maximum atomic E-state index is 14.3. The van der Waals surface area contributed by atoms with Gasteiger partial charge in [0.2, 0.25) is 47.3 Å². The van der Waals surface area contributed by atoms with Crippen molar-refractivity contribution in [2.75, 3.05) is 49.0 Å². The summed E-state index contributed by atoms with van der Waals surface area (Å²) in [5, 5.41) is 20.8. The van der Waals surface area contributed by atoms with E-state index < -0.39 is 95.9 Å². The first-order valence-corrected chi connectivity index (χ1v) is 21.0. The Bertz CT molecular complexity index is 1470. The maximum absolute atomic E-state index is 14.3. The Morgan fingerprint density at radius 3 is 1.48 bits per heavy atom. The van der Waals surface area contributed by atoms with E-state index in [1.54, 1.807) is 27.7 Å². The molecule has 0 heterocycles. The van der Waals surface area contributed by atoms with Crippen LogP contribution in [0.15, 0.2) is 0 Å². The Morgan fingerprint density at radius 2 is 1.05 bits per heavy atom. The summed E-state index contributed by atoms with van der Waals surface area (Å²) >= 11 is 0. The molecule has 0 aromatic carbocycles. The average Bonchev–Trinajstić information content (AvgIpc) is 3.17. The molecule has 0 bridgehead atoms. The van der Waals surface area contributed by atoms with Crippen LogP contribution >= 0.6 is 0 Å². The van der Waals surface area contributed by atoms with E-state index >= 15 is 0 Å². The van der Waals surface area contributed by atoms with Crippen LogP contribution in [-0.2, 0) is 43.1 Å². The second-order valence-electron chi connectivity index (χ2n) is 17.6. The molecule has 0 aromatic heterocycles. The first kappa shape index (κ1) is 55.7. The van der Waals surface area contributed by atoms with Gasteiger partial charge in [0.1, 0.15) is 42.3 Å². The zero-order valence-corrected chi connectivity index (χ0v) is 39.4. The Labute approximate surface area is 358 Å². The summed E-state index contributed by atoms with van der Waals surface area (Å²) in [6, 6.07) is -7.61. The highest BCUT2D eigenvalue weighted by molar-refractivity contribution is 5.97. The van der Waals surface area contributed by atoms with Gasteiger partial charge in [-0.3, -0.25) is 38.4 Å². The molecule has 0 spiro atoms. The van der Waals surface area contributed by atoms with Gasteiger partial charge in [-0.05, 0) is 64.7 Å². The lowest BCUT2D eigenvalue weighted by Gasteiger charge is -2.38. The number of nitrogens with one attached hydrogen (secondary N) is 4. The Kier molecular flexibility index (Phi) is 23.6. The summed E-state index contributed by atoms with van der Waals surface area (Å²) in [5.41, 5.74) is -0.921. The van der Waals surface area contributed by atoms with Crippen LogP contribution < -0.4 is 21.3 Å². The van der Waals surface area contributed by atoms with Crippen LogP contribution in [0.1, 0.15) is 108 Å². The minimum atomic E-state index is -1.26. The molecule has 0 aliphatic carbocycles. The van der Waals surface area contributed by atoms with E-state index in [1.807, 2.05) is 34.6 Å². The fourth-order valence-corrected chi connectivity index (χ4v) is 6.59. The maximum Gasteiger partial charge on any atom is 0.248 e. The minimum Gasteiger partial charge on any atom is -0.394 e. The summed E-state index contributed by atoms with van der Waals surface area (Å²) in [6.07, 6.45) is 1.30. The molecule has 0 aliphatic rings. The molecule has 5 N–H and O–H groups in total. The van der Waals surface area contributed by atoms with E-state index in [4.69, 9.17) is 4.74 Å². The van der Waals surface area contributed by atoms with E-state index in [2.05, 4.69) is 21.3 Å². The molecular formula is C42H78N8O10. The van der Waals surface area contributed by atoms with Gasteiger partial charge in [0.05, 0.1) is 12.2 Å². The molecule has 7 atom stereocenters. The normalized spacial score (nSPS) is 15.2. The first-order valence-electron chi connectivity index (χ1n) is 21.0. The molecule has 0 fully saturated rings. The third-order valence-corrected chi connectivity index (χ3v) is 10.7. The van der Waals surface area contributed by atoms with Crippen molar-refractivity contribution in [3.63, 3.8) is 0 Å². The number of amides is 8.